The highest BCUT2D eigenvalue weighted by Gasteiger charge is 2.20. The molecule has 0 unspecified atom stereocenters. The van der Waals surface area contributed by atoms with E-state index in [1.165, 1.54) is 26.0 Å². The Kier molecular flexibility index (Phi) is 2.38. The summed E-state index contributed by atoms with van der Waals surface area (Å²) in [5, 5.41) is 18.9. The molecule has 5 heteroatoms. The van der Waals surface area contributed by atoms with Crippen molar-refractivity contribution in [1.82, 2.24) is 0 Å². The molecule has 0 fully saturated rings. The number of phenols is 1. The summed E-state index contributed by atoms with van der Waals surface area (Å²) in [4.78, 5) is 22.2. The van der Waals surface area contributed by atoms with Gasteiger partial charge in [0, 0.05) is 5.39 Å². The highest BCUT2D eigenvalue weighted by atomic mass is 16.4. The second-order valence-corrected chi connectivity index (χ2v) is 3.76. The molecule has 2 rings (SSSR count). The van der Waals surface area contributed by atoms with Gasteiger partial charge in [-0.25, -0.2) is 4.79 Å². The maximum atomic E-state index is 11.2. The minimum Gasteiger partial charge on any atom is -0.507 e. The second-order valence-electron chi connectivity index (χ2n) is 3.76. The lowest BCUT2D eigenvalue weighted by Gasteiger charge is -2.00. The fourth-order valence-electron chi connectivity index (χ4n) is 1.80. The number of aromatic hydroxyl groups is 1. The molecule has 0 radical (unpaired) electrons. The van der Waals surface area contributed by atoms with E-state index in [2.05, 4.69) is 0 Å². The second kappa shape index (κ2) is 3.62. The molecular formula is C12H10O5. The lowest BCUT2D eigenvalue weighted by Crippen LogP contribution is -1.97. The van der Waals surface area contributed by atoms with Crippen LogP contribution in [-0.4, -0.2) is 22.0 Å². The van der Waals surface area contributed by atoms with Gasteiger partial charge in [0.1, 0.15) is 22.7 Å². The Morgan fingerprint density at radius 3 is 2.47 bits per heavy atom. The number of hydrogen-bond donors (Lipinski definition) is 2. The standard InChI is InChI=1S/C12H10O5/c1-5(13)7-4-10-8(3-9(7)14)11(12(15)16)6(2)17-10/h3-4,14H,1-2H3,(H,15,16). The summed E-state index contributed by atoms with van der Waals surface area (Å²) in [5.74, 6) is -1.44. The Hall–Kier alpha value is -2.30. The Balaban J connectivity index is 2.83. The average Bonchev–Trinajstić information content (AvgIpc) is 2.51. The van der Waals surface area contributed by atoms with Crippen LogP contribution in [0.5, 0.6) is 5.75 Å². The number of phenolic OH excluding ortho intramolecular Hbond substituents is 1. The van der Waals surface area contributed by atoms with E-state index in [9.17, 15) is 14.7 Å². The molecule has 0 aliphatic rings. The van der Waals surface area contributed by atoms with Gasteiger partial charge in [-0.2, -0.15) is 0 Å². The van der Waals surface area contributed by atoms with Crippen LogP contribution in [0.4, 0.5) is 0 Å². The van der Waals surface area contributed by atoms with Crippen molar-refractivity contribution in [3.8, 4) is 5.75 Å². The van der Waals surface area contributed by atoms with Crippen LogP contribution >= 0.6 is 0 Å². The third-order valence-corrected chi connectivity index (χ3v) is 2.58. The number of benzene rings is 1. The molecule has 0 amide bonds. The van der Waals surface area contributed by atoms with E-state index in [0.29, 0.717) is 0 Å². The lowest BCUT2D eigenvalue weighted by atomic mass is 10.1. The number of carboxylic acid groups (broad SMARTS) is 1. The van der Waals surface area contributed by atoms with E-state index in [0.717, 1.165) is 0 Å². The van der Waals surface area contributed by atoms with Crippen LogP contribution in [0.15, 0.2) is 16.5 Å². The molecule has 0 aliphatic carbocycles. The molecule has 1 heterocycles. The molecule has 0 saturated heterocycles. The minimum atomic E-state index is -1.13. The Morgan fingerprint density at radius 1 is 1.29 bits per heavy atom. The van der Waals surface area contributed by atoms with Crippen molar-refractivity contribution in [2.45, 2.75) is 13.8 Å². The number of ketones is 1. The van der Waals surface area contributed by atoms with E-state index in [-0.39, 0.29) is 39.4 Å². The van der Waals surface area contributed by atoms with Gasteiger partial charge >= 0.3 is 5.97 Å². The van der Waals surface area contributed by atoms with Crippen LogP contribution in [0.2, 0.25) is 0 Å². The summed E-state index contributed by atoms with van der Waals surface area (Å²) in [7, 11) is 0. The van der Waals surface area contributed by atoms with Crippen molar-refractivity contribution in [1.29, 1.82) is 0 Å². The highest BCUT2D eigenvalue weighted by Crippen LogP contribution is 2.31. The van der Waals surface area contributed by atoms with E-state index in [1.54, 1.807) is 0 Å². The summed E-state index contributed by atoms with van der Waals surface area (Å²) in [5.41, 5.74) is 0.400. The number of Topliss-reactive ketones (excluding diaryl/α,β-unsaturated/α-hetero) is 1. The monoisotopic (exact) mass is 234 g/mol. The largest absolute Gasteiger partial charge is 0.507 e. The minimum absolute atomic E-state index is 0.00500. The van der Waals surface area contributed by atoms with Gasteiger partial charge in [0.25, 0.3) is 0 Å². The summed E-state index contributed by atoms with van der Waals surface area (Å²) < 4.78 is 5.26. The Morgan fingerprint density at radius 2 is 1.94 bits per heavy atom. The van der Waals surface area contributed by atoms with Crippen LogP contribution in [0.3, 0.4) is 0 Å². The number of furan rings is 1. The van der Waals surface area contributed by atoms with E-state index in [1.807, 2.05) is 0 Å². The van der Waals surface area contributed by atoms with Gasteiger partial charge in [-0.15, -0.1) is 0 Å². The average molecular weight is 234 g/mol. The SMILES string of the molecule is CC(=O)c1cc2oc(C)c(C(=O)O)c2cc1O. The normalized spacial score (nSPS) is 10.7. The zero-order chi connectivity index (χ0) is 12.7. The molecule has 0 aliphatic heterocycles. The predicted molar refractivity (Wildman–Crippen MR) is 59.6 cm³/mol. The van der Waals surface area contributed by atoms with Gasteiger partial charge in [0.2, 0.25) is 0 Å². The molecular weight excluding hydrogens is 224 g/mol. The van der Waals surface area contributed by atoms with Crippen LogP contribution < -0.4 is 0 Å². The summed E-state index contributed by atoms with van der Waals surface area (Å²) in [6, 6.07) is 2.60. The number of aryl methyl sites for hydroxylation is 1. The molecule has 0 saturated carbocycles. The first-order valence-corrected chi connectivity index (χ1v) is 4.92. The van der Waals surface area contributed by atoms with Crippen LogP contribution in [0.25, 0.3) is 11.0 Å². The molecule has 0 spiro atoms. The molecule has 2 N–H and O–H groups in total. The van der Waals surface area contributed by atoms with E-state index in [4.69, 9.17) is 9.52 Å². The maximum absolute atomic E-state index is 11.2. The first kappa shape index (κ1) is 11.2. The fraction of sp³-hybridized carbons (Fsp3) is 0.167. The van der Waals surface area contributed by atoms with Crippen LogP contribution in [0, 0.1) is 6.92 Å². The molecule has 2 aromatic rings. The topological polar surface area (TPSA) is 87.7 Å². The van der Waals surface area contributed by atoms with Crippen molar-refractivity contribution in [2.24, 2.45) is 0 Å². The molecule has 1 aromatic carbocycles. The Labute approximate surface area is 96.3 Å². The zero-order valence-electron chi connectivity index (χ0n) is 9.27. The van der Waals surface area contributed by atoms with Crippen molar-refractivity contribution in [2.75, 3.05) is 0 Å². The first-order chi connectivity index (χ1) is 7.91. The highest BCUT2D eigenvalue weighted by molar-refractivity contribution is 6.07. The van der Waals surface area contributed by atoms with E-state index < -0.39 is 5.97 Å². The quantitative estimate of drug-likeness (QED) is 0.778. The number of fused-ring (bicyclic) bond motifs is 1. The number of aromatic carboxylic acids is 1. The Bertz CT molecular complexity index is 636. The van der Waals surface area contributed by atoms with Crippen molar-refractivity contribution in [3.63, 3.8) is 0 Å². The van der Waals surface area contributed by atoms with E-state index >= 15 is 0 Å². The van der Waals surface area contributed by atoms with Crippen molar-refractivity contribution in [3.05, 3.63) is 29.0 Å². The number of rotatable bonds is 2. The number of carbonyl (C=O) groups excluding carboxylic acids is 1. The van der Waals surface area contributed by atoms with Gasteiger partial charge in [-0.05, 0) is 26.0 Å². The van der Waals surface area contributed by atoms with Gasteiger partial charge in [0.15, 0.2) is 5.78 Å². The first-order valence-electron chi connectivity index (χ1n) is 4.92. The molecule has 17 heavy (non-hydrogen) atoms. The molecule has 0 atom stereocenters. The summed E-state index contributed by atoms with van der Waals surface area (Å²) in [6.07, 6.45) is 0. The fourth-order valence-corrected chi connectivity index (χ4v) is 1.80. The lowest BCUT2D eigenvalue weighted by molar-refractivity contribution is 0.0696. The van der Waals surface area contributed by atoms with Gasteiger partial charge in [0.05, 0.1) is 5.56 Å². The number of carbonyl (C=O) groups is 2. The third-order valence-electron chi connectivity index (χ3n) is 2.58. The molecule has 0 bridgehead atoms. The number of carboxylic acids is 1. The van der Waals surface area contributed by atoms with Crippen molar-refractivity contribution < 1.29 is 24.2 Å². The molecule has 5 nitrogen and oxygen atoms in total. The smallest absolute Gasteiger partial charge is 0.339 e. The van der Waals surface area contributed by atoms with Crippen LogP contribution in [-0.2, 0) is 0 Å². The van der Waals surface area contributed by atoms with Crippen molar-refractivity contribution >= 4 is 22.7 Å². The zero-order valence-corrected chi connectivity index (χ0v) is 9.27. The molecule has 1 aromatic heterocycles. The third kappa shape index (κ3) is 1.65. The van der Waals surface area contributed by atoms with Gasteiger partial charge in [-0.3, -0.25) is 4.79 Å². The number of hydrogen-bond acceptors (Lipinski definition) is 4. The van der Waals surface area contributed by atoms with Gasteiger partial charge in [-0.1, -0.05) is 0 Å². The predicted octanol–water partition coefficient (Wildman–Crippen LogP) is 2.35. The maximum Gasteiger partial charge on any atom is 0.339 e. The molecule has 88 valence electrons. The summed E-state index contributed by atoms with van der Waals surface area (Å²) in [6.45, 7) is 2.84. The van der Waals surface area contributed by atoms with Crippen LogP contribution in [0.1, 0.15) is 33.4 Å². The van der Waals surface area contributed by atoms with Gasteiger partial charge < -0.3 is 14.6 Å². The summed E-state index contributed by atoms with van der Waals surface area (Å²) >= 11 is 0.